The molecule has 0 amide bonds. The van der Waals surface area contributed by atoms with Gasteiger partial charge in [0.1, 0.15) is 11.7 Å². The number of nitrogens with zero attached hydrogens (tertiary/aromatic N) is 4. The van der Waals surface area contributed by atoms with Gasteiger partial charge in [-0.3, -0.25) is 0 Å². The molecule has 4 heterocycles. The molecule has 3 aromatic heterocycles. The Kier molecular flexibility index (Phi) is 3.36. The Balaban J connectivity index is 1.84. The molecule has 4 rings (SSSR count). The number of aromatic nitrogens is 3. The number of H-pyrrole nitrogens is 1. The molecule has 23 heavy (non-hydrogen) atoms. The molecule has 0 aliphatic carbocycles. The fourth-order valence-electron chi connectivity index (χ4n) is 3.30. The van der Waals surface area contributed by atoms with Crippen molar-refractivity contribution in [3.63, 3.8) is 0 Å². The van der Waals surface area contributed by atoms with Crippen molar-refractivity contribution in [3.8, 4) is 6.07 Å². The van der Waals surface area contributed by atoms with Crippen molar-refractivity contribution in [3.05, 3.63) is 30.2 Å². The van der Waals surface area contributed by atoms with Crippen LogP contribution in [0, 0.1) is 11.3 Å². The molecule has 0 aromatic carbocycles. The lowest BCUT2D eigenvalue weighted by atomic mass is 10.0. The molecule has 0 bridgehead atoms. The summed E-state index contributed by atoms with van der Waals surface area (Å²) in [4.78, 5) is 14.3. The summed E-state index contributed by atoms with van der Waals surface area (Å²) in [6.07, 6.45) is 5.62. The van der Waals surface area contributed by atoms with Crippen molar-refractivity contribution < 1.29 is 0 Å². The van der Waals surface area contributed by atoms with Crippen LogP contribution in [0.5, 0.6) is 0 Å². The molecule has 116 valence electrons. The van der Waals surface area contributed by atoms with Crippen molar-refractivity contribution in [2.75, 3.05) is 25.5 Å². The number of nitriles is 1. The Morgan fingerprint density at radius 2 is 2.17 bits per heavy atom. The number of hydrogen-bond donors (Lipinski definition) is 2. The summed E-state index contributed by atoms with van der Waals surface area (Å²) in [5.74, 6) is 0. The molecule has 1 saturated heterocycles. The lowest BCUT2D eigenvalue weighted by molar-refractivity contribution is 0.264. The van der Waals surface area contributed by atoms with Crippen LogP contribution in [0.1, 0.15) is 18.5 Å². The standard InChI is InChI=1S/C17H18N6/c1-23-7-4-11(5-8-23)21-16-13(9-18)20-10-14-15(16)12-3-2-6-19-17(12)22-14/h2-3,6,10-11,21H,4-5,7-8H2,1H3,(H,19,22). The molecule has 0 radical (unpaired) electrons. The molecule has 1 fully saturated rings. The Morgan fingerprint density at radius 3 is 2.96 bits per heavy atom. The Bertz CT molecular complexity index is 898. The van der Waals surface area contributed by atoms with E-state index >= 15 is 0 Å². The maximum absolute atomic E-state index is 9.47. The highest BCUT2D eigenvalue weighted by molar-refractivity contribution is 6.12. The zero-order valence-corrected chi connectivity index (χ0v) is 13.0. The van der Waals surface area contributed by atoms with Gasteiger partial charge in [-0.2, -0.15) is 5.26 Å². The zero-order valence-electron chi connectivity index (χ0n) is 13.0. The first-order chi connectivity index (χ1) is 11.3. The number of aromatic amines is 1. The van der Waals surface area contributed by atoms with Gasteiger partial charge in [0, 0.05) is 23.0 Å². The Hall–Kier alpha value is -2.65. The molecule has 0 unspecified atom stereocenters. The minimum atomic E-state index is 0.368. The topological polar surface area (TPSA) is 80.6 Å². The second-order valence-electron chi connectivity index (χ2n) is 6.13. The van der Waals surface area contributed by atoms with Gasteiger partial charge in [-0.1, -0.05) is 0 Å². The van der Waals surface area contributed by atoms with E-state index in [4.69, 9.17) is 0 Å². The number of likely N-dealkylation sites (tertiary alicyclic amines) is 1. The second kappa shape index (κ2) is 5.52. The number of hydrogen-bond acceptors (Lipinski definition) is 5. The van der Waals surface area contributed by atoms with E-state index in [1.54, 1.807) is 12.4 Å². The number of fused-ring (bicyclic) bond motifs is 3. The quantitative estimate of drug-likeness (QED) is 0.760. The first-order valence-electron chi connectivity index (χ1n) is 7.87. The van der Waals surface area contributed by atoms with E-state index in [0.29, 0.717) is 11.7 Å². The number of anilines is 1. The van der Waals surface area contributed by atoms with Gasteiger partial charge in [-0.25, -0.2) is 9.97 Å². The number of piperidine rings is 1. The van der Waals surface area contributed by atoms with Gasteiger partial charge in [0.25, 0.3) is 0 Å². The van der Waals surface area contributed by atoms with Gasteiger partial charge < -0.3 is 15.2 Å². The Labute approximate surface area is 134 Å². The predicted molar refractivity (Wildman–Crippen MR) is 90.3 cm³/mol. The normalized spacial score (nSPS) is 16.7. The van der Waals surface area contributed by atoms with Crippen molar-refractivity contribution in [1.29, 1.82) is 5.26 Å². The average molecular weight is 306 g/mol. The minimum absolute atomic E-state index is 0.368. The first kappa shape index (κ1) is 14.0. The van der Waals surface area contributed by atoms with Crippen LogP contribution < -0.4 is 5.32 Å². The van der Waals surface area contributed by atoms with E-state index in [2.05, 4.69) is 38.3 Å². The van der Waals surface area contributed by atoms with E-state index < -0.39 is 0 Å². The number of pyridine rings is 2. The van der Waals surface area contributed by atoms with Crippen LogP contribution in [0.2, 0.25) is 0 Å². The summed E-state index contributed by atoms with van der Waals surface area (Å²) in [5.41, 5.74) is 3.01. The van der Waals surface area contributed by atoms with Gasteiger partial charge in [0.05, 0.1) is 17.4 Å². The summed E-state index contributed by atoms with van der Waals surface area (Å²) in [7, 11) is 2.14. The second-order valence-corrected chi connectivity index (χ2v) is 6.13. The van der Waals surface area contributed by atoms with Crippen molar-refractivity contribution >= 4 is 27.6 Å². The van der Waals surface area contributed by atoms with E-state index in [0.717, 1.165) is 53.6 Å². The Morgan fingerprint density at radius 1 is 1.35 bits per heavy atom. The fourth-order valence-corrected chi connectivity index (χ4v) is 3.30. The van der Waals surface area contributed by atoms with Crippen LogP contribution in [0.3, 0.4) is 0 Å². The first-order valence-corrected chi connectivity index (χ1v) is 7.87. The molecule has 2 N–H and O–H groups in total. The van der Waals surface area contributed by atoms with E-state index in [-0.39, 0.29) is 0 Å². The largest absolute Gasteiger partial charge is 0.379 e. The highest BCUT2D eigenvalue weighted by Gasteiger charge is 2.21. The molecular weight excluding hydrogens is 288 g/mol. The third-order valence-electron chi connectivity index (χ3n) is 4.58. The molecule has 3 aromatic rings. The summed E-state index contributed by atoms with van der Waals surface area (Å²) in [6.45, 7) is 2.14. The summed E-state index contributed by atoms with van der Waals surface area (Å²) in [5, 5.41) is 15.1. The number of rotatable bonds is 2. The SMILES string of the molecule is CN1CCC(Nc2c(C#N)ncc3[nH]c4ncccc4c23)CC1. The van der Waals surface area contributed by atoms with Crippen LogP contribution in [0.4, 0.5) is 5.69 Å². The molecule has 6 heteroatoms. The average Bonchev–Trinajstić information content (AvgIpc) is 2.96. The van der Waals surface area contributed by atoms with Crippen molar-refractivity contribution in [2.24, 2.45) is 0 Å². The maximum atomic E-state index is 9.47. The monoisotopic (exact) mass is 306 g/mol. The zero-order chi connectivity index (χ0) is 15.8. The van der Waals surface area contributed by atoms with E-state index in [1.165, 1.54) is 0 Å². The van der Waals surface area contributed by atoms with Gasteiger partial charge in [-0.05, 0) is 45.1 Å². The minimum Gasteiger partial charge on any atom is -0.379 e. The summed E-state index contributed by atoms with van der Waals surface area (Å²) in [6, 6.07) is 6.54. The molecule has 0 spiro atoms. The molecule has 1 aliphatic heterocycles. The maximum Gasteiger partial charge on any atom is 0.164 e. The van der Waals surface area contributed by atoms with Crippen LogP contribution >= 0.6 is 0 Å². The molecule has 0 atom stereocenters. The van der Waals surface area contributed by atoms with Crippen LogP contribution in [0.15, 0.2) is 24.5 Å². The van der Waals surface area contributed by atoms with Crippen LogP contribution in [-0.2, 0) is 0 Å². The smallest absolute Gasteiger partial charge is 0.164 e. The molecule has 1 aliphatic rings. The molecule has 0 saturated carbocycles. The fraction of sp³-hybridized carbons (Fsp3) is 0.353. The number of nitrogens with one attached hydrogen (secondary N) is 2. The summed E-state index contributed by atoms with van der Waals surface area (Å²) < 4.78 is 0. The van der Waals surface area contributed by atoms with Gasteiger partial charge in [0.15, 0.2) is 5.69 Å². The van der Waals surface area contributed by atoms with Crippen molar-refractivity contribution in [2.45, 2.75) is 18.9 Å². The third-order valence-corrected chi connectivity index (χ3v) is 4.58. The molecule has 6 nitrogen and oxygen atoms in total. The predicted octanol–water partition coefficient (Wildman–Crippen LogP) is 2.49. The van der Waals surface area contributed by atoms with Gasteiger partial charge in [0.2, 0.25) is 0 Å². The van der Waals surface area contributed by atoms with Gasteiger partial charge in [-0.15, -0.1) is 0 Å². The molecular formula is C17H18N6. The van der Waals surface area contributed by atoms with E-state index in [9.17, 15) is 5.26 Å². The van der Waals surface area contributed by atoms with Gasteiger partial charge >= 0.3 is 0 Å². The highest BCUT2D eigenvalue weighted by atomic mass is 15.1. The lowest BCUT2D eigenvalue weighted by Gasteiger charge is -2.30. The van der Waals surface area contributed by atoms with Crippen LogP contribution in [-0.4, -0.2) is 46.0 Å². The van der Waals surface area contributed by atoms with Crippen molar-refractivity contribution in [1.82, 2.24) is 19.9 Å². The van der Waals surface area contributed by atoms with Crippen LogP contribution in [0.25, 0.3) is 21.9 Å². The lowest BCUT2D eigenvalue weighted by Crippen LogP contribution is -2.36. The third kappa shape index (κ3) is 2.39. The summed E-state index contributed by atoms with van der Waals surface area (Å²) >= 11 is 0. The van der Waals surface area contributed by atoms with E-state index in [1.807, 2.05) is 12.1 Å². The highest BCUT2D eigenvalue weighted by Crippen LogP contribution is 2.33.